The van der Waals surface area contributed by atoms with Gasteiger partial charge in [0.15, 0.2) is 5.13 Å². The molecule has 2 aromatic carbocycles. The van der Waals surface area contributed by atoms with Gasteiger partial charge in [-0.05, 0) is 41.5 Å². The van der Waals surface area contributed by atoms with E-state index in [2.05, 4.69) is 10.3 Å². The summed E-state index contributed by atoms with van der Waals surface area (Å²) >= 11 is 13.4. The highest BCUT2D eigenvalue weighted by Gasteiger charge is 2.06. The maximum absolute atomic E-state index is 12.1. The molecule has 3 aromatic rings. The van der Waals surface area contributed by atoms with E-state index in [0.29, 0.717) is 15.2 Å². The smallest absolute Gasteiger partial charge is 0.250 e. The summed E-state index contributed by atoms with van der Waals surface area (Å²) in [7, 11) is 1.64. The molecule has 0 aliphatic rings. The number of nitrogens with zero attached hydrogens (tertiary/aromatic N) is 1. The Bertz CT molecular complexity index is 968. The van der Waals surface area contributed by atoms with E-state index in [0.717, 1.165) is 28.2 Å². The van der Waals surface area contributed by atoms with Gasteiger partial charge < -0.3 is 4.74 Å². The van der Waals surface area contributed by atoms with Crippen molar-refractivity contribution < 1.29 is 9.53 Å². The number of anilines is 1. The number of halogens is 2. The number of aromatic nitrogens is 1. The molecule has 1 aromatic heterocycles. The standard InChI is InChI=1S/C20H16Cl2N2O2S/c1-26-16-7-2-13(3-8-16)10-17-12-23-20(27-17)24-19(25)9-5-14-4-6-15(21)11-18(14)22/h2-9,11-12H,10H2,1H3,(H,23,24,25)/b9-5+. The van der Waals surface area contributed by atoms with Crippen molar-refractivity contribution >= 4 is 51.7 Å². The van der Waals surface area contributed by atoms with E-state index in [1.165, 1.54) is 17.4 Å². The van der Waals surface area contributed by atoms with Crippen molar-refractivity contribution in [3.05, 3.63) is 80.8 Å². The van der Waals surface area contributed by atoms with Crippen molar-refractivity contribution in [3.8, 4) is 5.75 Å². The van der Waals surface area contributed by atoms with E-state index >= 15 is 0 Å². The molecule has 0 spiro atoms. The number of methoxy groups -OCH3 is 1. The SMILES string of the molecule is COc1ccc(Cc2cnc(NC(=O)/C=C/c3ccc(Cl)cc3Cl)s2)cc1. The zero-order valence-electron chi connectivity index (χ0n) is 14.4. The minimum Gasteiger partial charge on any atom is -0.497 e. The van der Waals surface area contributed by atoms with Gasteiger partial charge in [0, 0.05) is 33.6 Å². The van der Waals surface area contributed by atoms with Gasteiger partial charge in [0.05, 0.1) is 7.11 Å². The molecule has 0 fully saturated rings. The van der Waals surface area contributed by atoms with Gasteiger partial charge in [-0.3, -0.25) is 10.1 Å². The van der Waals surface area contributed by atoms with Crippen molar-refractivity contribution in [2.75, 3.05) is 12.4 Å². The Hall–Kier alpha value is -2.34. The molecule has 0 saturated heterocycles. The van der Waals surface area contributed by atoms with Crippen molar-refractivity contribution in [2.45, 2.75) is 6.42 Å². The number of ether oxygens (including phenoxy) is 1. The lowest BCUT2D eigenvalue weighted by atomic mass is 10.1. The van der Waals surface area contributed by atoms with Crippen LogP contribution < -0.4 is 10.1 Å². The number of hydrogen-bond acceptors (Lipinski definition) is 4. The van der Waals surface area contributed by atoms with Crippen LogP contribution in [0.2, 0.25) is 10.0 Å². The molecule has 138 valence electrons. The Morgan fingerprint density at radius 2 is 2.00 bits per heavy atom. The number of benzene rings is 2. The number of thiazole rings is 1. The Morgan fingerprint density at radius 3 is 2.70 bits per heavy atom. The molecule has 1 N–H and O–H groups in total. The summed E-state index contributed by atoms with van der Waals surface area (Å²) in [4.78, 5) is 17.4. The minimum absolute atomic E-state index is 0.272. The van der Waals surface area contributed by atoms with Gasteiger partial charge in [0.2, 0.25) is 5.91 Å². The van der Waals surface area contributed by atoms with E-state index in [9.17, 15) is 4.79 Å². The molecule has 4 nitrogen and oxygen atoms in total. The third-order valence-electron chi connectivity index (χ3n) is 3.70. The summed E-state index contributed by atoms with van der Waals surface area (Å²) < 4.78 is 5.16. The minimum atomic E-state index is -0.272. The van der Waals surface area contributed by atoms with Crippen molar-refractivity contribution in [1.82, 2.24) is 4.98 Å². The van der Waals surface area contributed by atoms with E-state index in [4.69, 9.17) is 27.9 Å². The average Bonchev–Trinajstić information content (AvgIpc) is 3.08. The number of carbonyl (C=O) groups excluding carboxylic acids is 1. The molecule has 3 rings (SSSR count). The molecular formula is C20H16Cl2N2O2S. The summed E-state index contributed by atoms with van der Waals surface area (Å²) in [6.45, 7) is 0. The first-order valence-electron chi connectivity index (χ1n) is 8.05. The molecule has 1 amide bonds. The molecule has 27 heavy (non-hydrogen) atoms. The molecule has 0 bridgehead atoms. The first-order valence-corrected chi connectivity index (χ1v) is 9.62. The lowest BCUT2D eigenvalue weighted by molar-refractivity contribution is -0.111. The molecule has 0 saturated carbocycles. The highest BCUT2D eigenvalue weighted by molar-refractivity contribution is 7.15. The van der Waals surface area contributed by atoms with Crippen molar-refractivity contribution in [3.63, 3.8) is 0 Å². The Kier molecular flexibility index (Phi) is 6.50. The van der Waals surface area contributed by atoms with Gasteiger partial charge in [0.1, 0.15) is 5.75 Å². The predicted octanol–water partition coefficient (Wildman–Crippen LogP) is 5.70. The Labute approximate surface area is 171 Å². The third kappa shape index (κ3) is 5.57. The summed E-state index contributed by atoms with van der Waals surface area (Å²) in [5.74, 6) is 0.551. The fourth-order valence-corrected chi connectivity index (χ4v) is 3.66. The lowest BCUT2D eigenvalue weighted by Crippen LogP contribution is -2.07. The highest BCUT2D eigenvalue weighted by Crippen LogP contribution is 2.24. The van der Waals surface area contributed by atoms with Crippen LogP contribution >= 0.6 is 34.5 Å². The van der Waals surface area contributed by atoms with E-state index < -0.39 is 0 Å². The monoisotopic (exact) mass is 418 g/mol. The first-order chi connectivity index (χ1) is 13.0. The second-order valence-corrected chi connectivity index (χ2v) is 7.60. The number of amides is 1. The normalized spacial score (nSPS) is 10.9. The number of nitrogens with one attached hydrogen (secondary N) is 1. The van der Waals surface area contributed by atoms with E-state index in [1.54, 1.807) is 37.6 Å². The van der Waals surface area contributed by atoms with Gasteiger partial charge >= 0.3 is 0 Å². The van der Waals surface area contributed by atoms with Crippen LogP contribution in [0.5, 0.6) is 5.75 Å². The molecular weight excluding hydrogens is 403 g/mol. The van der Waals surface area contributed by atoms with Crippen molar-refractivity contribution in [2.24, 2.45) is 0 Å². The molecule has 0 aliphatic heterocycles. The summed E-state index contributed by atoms with van der Waals surface area (Å²) in [5, 5.41) is 4.35. The van der Waals surface area contributed by atoms with Crippen LogP contribution in [0.15, 0.2) is 54.7 Å². The highest BCUT2D eigenvalue weighted by atomic mass is 35.5. The van der Waals surface area contributed by atoms with Crippen LogP contribution in [0, 0.1) is 0 Å². The summed E-state index contributed by atoms with van der Waals surface area (Å²) in [6.07, 6.45) is 5.57. The molecule has 0 radical (unpaired) electrons. The van der Waals surface area contributed by atoms with E-state index in [1.807, 2.05) is 24.3 Å². The maximum Gasteiger partial charge on any atom is 0.250 e. The van der Waals surface area contributed by atoms with Gasteiger partial charge in [-0.2, -0.15) is 0 Å². The largest absolute Gasteiger partial charge is 0.497 e. The maximum atomic E-state index is 12.1. The first kappa shape index (κ1) is 19.4. The molecule has 1 heterocycles. The topological polar surface area (TPSA) is 51.2 Å². The van der Waals surface area contributed by atoms with Crippen LogP contribution in [0.3, 0.4) is 0 Å². The zero-order chi connectivity index (χ0) is 19.2. The van der Waals surface area contributed by atoms with Crippen LogP contribution in [0.4, 0.5) is 5.13 Å². The number of rotatable bonds is 6. The van der Waals surface area contributed by atoms with Crippen LogP contribution in [-0.2, 0) is 11.2 Å². The lowest BCUT2D eigenvalue weighted by Gasteiger charge is -2.01. The Morgan fingerprint density at radius 1 is 1.22 bits per heavy atom. The van der Waals surface area contributed by atoms with Crippen LogP contribution in [0.1, 0.15) is 16.0 Å². The predicted molar refractivity (Wildman–Crippen MR) is 112 cm³/mol. The van der Waals surface area contributed by atoms with Gasteiger partial charge in [0.25, 0.3) is 0 Å². The van der Waals surface area contributed by atoms with Gasteiger partial charge in [-0.1, -0.05) is 41.4 Å². The van der Waals surface area contributed by atoms with Gasteiger partial charge in [-0.15, -0.1) is 11.3 Å². The second kappa shape index (κ2) is 9.04. The zero-order valence-corrected chi connectivity index (χ0v) is 16.7. The summed E-state index contributed by atoms with van der Waals surface area (Å²) in [5.41, 5.74) is 1.87. The fraction of sp³-hybridized carbons (Fsp3) is 0.100. The second-order valence-electron chi connectivity index (χ2n) is 5.64. The summed E-state index contributed by atoms with van der Waals surface area (Å²) in [6, 6.07) is 13.0. The molecule has 0 unspecified atom stereocenters. The van der Waals surface area contributed by atoms with Crippen LogP contribution in [0.25, 0.3) is 6.08 Å². The molecule has 7 heteroatoms. The van der Waals surface area contributed by atoms with Crippen LogP contribution in [-0.4, -0.2) is 18.0 Å². The fourth-order valence-electron chi connectivity index (χ4n) is 2.34. The van der Waals surface area contributed by atoms with E-state index in [-0.39, 0.29) is 5.91 Å². The number of carbonyl (C=O) groups is 1. The molecule has 0 aliphatic carbocycles. The van der Waals surface area contributed by atoms with Gasteiger partial charge in [-0.25, -0.2) is 4.98 Å². The van der Waals surface area contributed by atoms with Crippen molar-refractivity contribution in [1.29, 1.82) is 0 Å². The Balaban J connectivity index is 1.59. The third-order valence-corrected chi connectivity index (χ3v) is 5.17. The number of hydrogen-bond donors (Lipinski definition) is 1. The molecule has 0 atom stereocenters. The average molecular weight is 419 g/mol. The quantitative estimate of drug-likeness (QED) is 0.522.